The molecular formula is C18H27ClN4OS. The van der Waals surface area contributed by atoms with E-state index in [1.54, 1.807) is 0 Å². The molecule has 1 saturated heterocycles. The second kappa shape index (κ2) is 9.57. The maximum atomic E-state index is 5.64. The number of rotatable bonds is 6. The molecule has 1 N–H and O–H groups in total. The maximum absolute atomic E-state index is 5.64. The highest BCUT2D eigenvalue weighted by Crippen LogP contribution is 2.37. The summed E-state index contributed by atoms with van der Waals surface area (Å²) in [7, 11) is 2.12. The molecule has 1 aliphatic heterocycles. The minimum absolute atomic E-state index is 0. The number of piperazine rings is 1. The summed E-state index contributed by atoms with van der Waals surface area (Å²) in [6.07, 6.45) is 0. The molecule has 1 aromatic heterocycles. The first kappa shape index (κ1) is 20.2. The normalized spacial score (nSPS) is 19.6. The van der Waals surface area contributed by atoms with Gasteiger partial charge in [0, 0.05) is 25.4 Å². The number of likely N-dealkylation sites (N-methyl/N-ethyl adjacent to an activating group) is 1. The summed E-state index contributed by atoms with van der Waals surface area (Å²) in [6.45, 7) is 7.31. The topological polar surface area (TPSA) is 54.2 Å². The third-order valence-electron chi connectivity index (χ3n) is 4.39. The van der Waals surface area contributed by atoms with Gasteiger partial charge in [-0.05, 0) is 18.5 Å². The maximum Gasteiger partial charge on any atom is 0.240 e. The van der Waals surface area contributed by atoms with Gasteiger partial charge in [0.1, 0.15) is 0 Å². The standard InChI is InChI=1S/C18H26N4OS.ClH/c1-13(2)16(24-12-14-7-5-4-6-8-14)18-20-17(21-23-18)15-11-19-9-10-22(15)3;/h4-8,13,15-16,19H,9-12H2,1-3H3;1H. The minimum Gasteiger partial charge on any atom is -0.338 e. The predicted octanol–water partition coefficient (Wildman–Crippen LogP) is 3.70. The summed E-state index contributed by atoms with van der Waals surface area (Å²) in [5.41, 5.74) is 1.32. The van der Waals surface area contributed by atoms with Crippen molar-refractivity contribution in [3.8, 4) is 0 Å². The third kappa shape index (κ3) is 5.20. The molecule has 5 nitrogen and oxygen atoms in total. The van der Waals surface area contributed by atoms with Crippen LogP contribution in [0.3, 0.4) is 0 Å². The van der Waals surface area contributed by atoms with Crippen LogP contribution in [-0.4, -0.2) is 41.7 Å². The van der Waals surface area contributed by atoms with Gasteiger partial charge in [0.25, 0.3) is 0 Å². The molecule has 7 heteroatoms. The first-order chi connectivity index (χ1) is 11.6. The summed E-state index contributed by atoms with van der Waals surface area (Å²) in [5.74, 6) is 2.94. The number of hydrogen-bond donors (Lipinski definition) is 1. The van der Waals surface area contributed by atoms with Crippen molar-refractivity contribution in [2.24, 2.45) is 5.92 Å². The molecule has 0 bridgehead atoms. The molecule has 1 fully saturated rings. The third-order valence-corrected chi connectivity index (χ3v) is 5.99. The Morgan fingerprint density at radius 3 is 2.76 bits per heavy atom. The molecule has 0 radical (unpaired) electrons. The van der Waals surface area contributed by atoms with E-state index in [0.29, 0.717) is 5.92 Å². The lowest BCUT2D eigenvalue weighted by molar-refractivity contribution is 0.190. The number of thioether (sulfide) groups is 1. The van der Waals surface area contributed by atoms with Crippen LogP contribution in [0.2, 0.25) is 0 Å². The summed E-state index contributed by atoms with van der Waals surface area (Å²) in [4.78, 5) is 7.02. The number of halogens is 1. The Labute approximate surface area is 160 Å². The minimum atomic E-state index is 0. The lowest BCUT2D eigenvalue weighted by atomic mass is 10.1. The van der Waals surface area contributed by atoms with Crippen molar-refractivity contribution in [1.29, 1.82) is 0 Å². The molecule has 3 rings (SSSR count). The van der Waals surface area contributed by atoms with Crippen LogP contribution in [0, 0.1) is 5.92 Å². The Hall–Kier alpha value is -1.08. The van der Waals surface area contributed by atoms with Gasteiger partial charge >= 0.3 is 0 Å². The molecule has 0 amide bonds. The molecule has 2 unspecified atom stereocenters. The van der Waals surface area contributed by atoms with Crippen LogP contribution in [0.4, 0.5) is 0 Å². The van der Waals surface area contributed by atoms with Crippen LogP contribution >= 0.6 is 24.2 Å². The molecule has 0 spiro atoms. The molecule has 1 aliphatic rings. The second-order valence-electron chi connectivity index (χ2n) is 6.65. The molecule has 1 aromatic carbocycles. The average Bonchev–Trinajstić information content (AvgIpc) is 3.05. The van der Waals surface area contributed by atoms with Crippen LogP contribution in [0.25, 0.3) is 0 Å². The number of nitrogens with zero attached hydrogens (tertiary/aromatic N) is 3. The number of nitrogens with one attached hydrogen (secondary N) is 1. The molecule has 2 atom stereocenters. The molecule has 25 heavy (non-hydrogen) atoms. The van der Waals surface area contributed by atoms with Gasteiger partial charge in [-0.1, -0.05) is 49.3 Å². The fourth-order valence-electron chi connectivity index (χ4n) is 2.90. The van der Waals surface area contributed by atoms with E-state index in [1.165, 1.54) is 5.56 Å². The summed E-state index contributed by atoms with van der Waals surface area (Å²) < 4.78 is 5.64. The Morgan fingerprint density at radius 1 is 1.32 bits per heavy atom. The van der Waals surface area contributed by atoms with Gasteiger partial charge in [-0.15, -0.1) is 24.2 Å². The number of aromatic nitrogens is 2. The zero-order valence-electron chi connectivity index (χ0n) is 15.0. The van der Waals surface area contributed by atoms with Crippen molar-refractivity contribution in [2.45, 2.75) is 30.9 Å². The van der Waals surface area contributed by atoms with Crippen molar-refractivity contribution in [1.82, 2.24) is 20.4 Å². The van der Waals surface area contributed by atoms with E-state index in [0.717, 1.165) is 37.1 Å². The second-order valence-corrected chi connectivity index (χ2v) is 7.78. The van der Waals surface area contributed by atoms with Crippen LogP contribution in [0.1, 0.15) is 42.4 Å². The summed E-state index contributed by atoms with van der Waals surface area (Å²) in [6, 6.07) is 10.7. The highest BCUT2D eigenvalue weighted by molar-refractivity contribution is 7.98. The van der Waals surface area contributed by atoms with E-state index < -0.39 is 0 Å². The first-order valence-corrected chi connectivity index (χ1v) is 9.60. The highest BCUT2D eigenvalue weighted by Gasteiger charge is 2.28. The van der Waals surface area contributed by atoms with Crippen molar-refractivity contribution < 1.29 is 4.52 Å². The van der Waals surface area contributed by atoms with Crippen molar-refractivity contribution in [2.75, 3.05) is 26.7 Å². The Bertz CT molecular complexity index is 637. The Kier molecular flexibility index (Phi) is 7.75. The van der Waals surface area contributed by atoms with Gasteiger partial charge in [-0.25, -0.2) is 0 Å². The molecule has 2 heterocycles. The number of benzene rings is 1. The fraction of sp³-hybridized carbons (Fsp3) is 0.556. The number of hydrogen-bond acceptors (Lipinski definition) is 6. The fourth-order valence-corrected chi connectivity index (χ4v) is 4.09. The van der Waals surface area contributed by atoms with E-state index in [-0.39, 0.29) is 23.7 Å². The van der Waals surface area contributed by atoms with Crippen molar-refractivity contribution >= 4 is 24.2 Å². The molecule has 0 saturated carbocycles. The van der Waals surface area contributed by atoms with E-state index in [4.69, 9.17) is 9.51 Å². The van der Waals surface area contributed by atoms with Crippen LogP contribution in [0.15, 0.2) is 34.9 Å². The Balaban J connectivity index is 0.00000225. The first-order valence-electron chi connectivity index (χ1n) is 8.55. The van der Waals surface area contributed by atoms with Gasteiger partial charge < -0.3 is 9.84 Å². The van der Waals surface area contributed by atoms with Crippen LogP contribution < -0.4 is 5.32 Å². The van der Waals surface area contributed by atoms with E-state index in [2.05, 4.69) is 60.5 Å². The zero-order chi connectivity index (χ0) is 16.9. The Morgan fingerprint density at radius 2 is 2.08 bits per heavy atom. The molecule has 138 valence electrons. The van der Waals surface area contributed by atoms with Gasteiger partial charge in [0.05, 0.1) is 11.3 Å². The lowest BCUT2D eigenvalue weighted by Crippen LogP contribution is -2.44. The van der Waals surface area contributed by atoms with Gasteiger partial charge in [0.2, 0.25) is 5.89 Å². The highest BCUT2D eigenvalue weighted by atomic mass is 35.5. The van der Waals surface area contributed by atoms with Crippen molar-refractivity contribution in [3.63, 3.8) is 0 Å². The van der Waals surface area contributed by atoms with Crippen LogP contribution in [0.5, 0.6) is 0 Å². The largest absolute Gasteiger partial charge is 0.338 e. The van der Waals surface area contributed by atoms with Crippen molar-refractivity contribution in [3.05, 3.63) is 47.6 Å². The molecule has 0 aliphatic carbocycles. The lowest BCUT2D eigenvalue weighted by Gasteiger charge is -2.30. The van der Waals surface area contributed by atoms with E-state index >= 15 is 0 Å². The monoisotopic (exact) mass is 382 g/mol. The van der Waals surface area contributed by atoms with Gasteiger partial charge in [-0.3, -0.25) is 4.90 Å². The van der Waals surface area contributed by atoms with E-state index in [9.17, 15) is 0 Å². The smallest absolute Gasteiger partial charge is 0.240 e. The van der Waals surface area contributed by atoms with E-state index in [1.807, 2.05) is 17.8 Å². The van der Waals surface area contributed by atoms with Gasteiger partial charge in [-0.2, -0.15) is 4.98 Å². The van der Waals surface area contributed by atoms with Gasteiger partial charge in [0.15, 0.2) is 5.82 Å². The average molecular weight is 383 g/mol. The molecular weight excluding hydrogens is 356 g/mol. The van der Waals surface area contributed by atoms with Crippen LogP contribution in [-0.2, 0) is 5.75 Å². The summed E-state index contributed by atoms with van der Waals surface area (Å²) in [5, 5.41) is 7.89. The quantitative estimate of drug-likeness (QED) is 0.822. The molecule has 2 aromatic rings. The predicted molar refractivity (Wildman–Crippen MR) is 105 cm³/mol. The SMILES string of the molecule is CC(C)C(SCc1ccccc1)c1nc(C2CNCCN2C)no1.Cl. The zero-order valence-corrected chi connectivity index (χ0v) is 16.6. The summed E-state index contributed by atoms with van der Waals surface area (Å²) >= 11 is 1.87.